The number of hydrogen-bond donors (Lipinski definition) is 2. The van der Waals surface area contributed by atoms with E-state index in [9.17, 15) is 0 Å². The summed E-state index contributed by atoms with van der Waals surface area (Å²) in [6, 6.07) is 0. The van der Waals surface area contributed by atoms with Crippen LogP contribution in [0.3, 0.4) is 0 Å². The van der Waals surface area contributed by atoms with Gasteiger partial charge in [-0.25, -0.2) is 0 Å². The second-order valence-corrected chi connectivity index (χ2v) is 3.08. The molecule has 0 aromatic rings. The Morgan fingerprint density at radius 3 is 2.50 bits per heavy atom. The highest BCUT2D eigenvalue weighted by Gasteiger charge is 2.28. The number of likely N-dealkylation sites (tertiary alicyclic amines) is 1. The van der Waals surface area contributed by atoms with Crippen LogP contribution in [-0.4, -0.2) is 18.6 Å². The molecule has 0 radical (unpaired) electrons. The summed E-state index contributed by atoms with van der Waals surface area (Å²) in [7, 11) is 3.87. The topological polar surface area (TPSA) is 30.5 Å². The zero-order valence-corrected chi connectivity index (χ0v) is 5.41. The van der Waals surface area contributed by atoms with Crippen molar-refractivity contribution in [2.75, 3.05) is 13.1 Å². The van der Waals surface area contributed by atoms with E-state index in [1.54, 1.807) is 0 Å². The molecule has 1 saturated heterocycles. The van der Waals surface area contributed by atoms with Gasteiger partial charge in [-0.3, -0.25) is 0 Å². The van der Waals surface area contributed by atoms with Gasteiger partial charge in [0.15, 0.2) is 0 Å². The molecule has 0 amide bonds. The number of hydrogen-bond acceptors (Lipinski definition) is 1. The first kappa shape index (κ1) is 6.05. The fourth-order valence-electron chi connectivity index (χ4n) is 1.21. The summed E-state index contributed by atoms with van der Waals surface area (Å²) in [6.45, 7) is 4.24. The van der Waals surface area contributed by atoms with Gasteiger partial charge >= 0.3 is 0 Å². The van der Waals surface area contributed by atoms with Crippen LogP contribution in [0.1, 0.15) is 13.3 Å². The lowest BCUT2D eigenvalue weighted by atomic mass is 10.0. The quantitative estimate of drug-likeness (QED) is 0.380. The second-order valence-electron chi connectivity index (χ2n) is 3.08. The summed E-state index contributed by atoms with van der Waals surface area (Å²) in [6.07, 6.45) is 1.12. The molecule has 0 aliphatic carbocycles. The van der Waals surface area contributed by atoms with Gasteiger partial charge in [-0.2, -0.15) is 7.05 Å². The predicted octanol–water partition coefficient (Wildman–Crippen LogP) is -1.22. The molecule has 2 heteroatoms. The lowest BCUT2D eigenvalue weighted by molar-refractivity contribution is -0.841. The maximum absolute atomic E-state index is 5.81. The molecule has 3 N–H and O–H groups in total. The standard InChI is InChI=1S/C6H14N2/c1-6(7)3-4-8(2)5-6/h8H,2-5,7H2,1H3/t6-/m0/s1. The first-order valence-corrected chi connectivity index (χ1v) is 3.06. The van der Waals surface area contributed by atoms with Gasteiger partial charge in [-0.05, 0) is 6.92 Å². The summed E-state index contributed by atoms with van der Waals surface area (Å²) in [5, 5.41) is 0. The smallest absolute Gasteiger partial charge is 0.0713 e. The molecular formula is C6H14N2. The van der Waals surface area contributed by atoms with Crippen molar-refractivity contribution in [1.82, 2.24) is 0 Å². The highest BCUT2D eigenvalue weighted by atomic mass is 15.1. The van der Waals surface area contributed by atoms with Gasteiger partial charge in [0.1, 0.15) is 0 Å². The molecule has 2 nitrogen and oxygen atoms in total. The van der Waals surface area contributed by atoms with E-state index in [-0.39, 0.29) is 5.54 Å². The van der Waals surface area contributed by atoms with Crippen LogP contribution in [0.5, 0.6) is 0 Å². The molecular weight excluding hydrogens is 100 g/mol. The van der Waals surface area contributed by atoms with Crippen molar-refractivity contribution in [3.05, 3.63) is 7.05 Å². The maximum atomic E-state index is 5.81. The van der Waals surface area contributed by atoms with E-state index >= 15 is 0 Å². The van der Waals surface area contributed by atoms with Crippen molar-refractivity contribution in [3.63, 3.8) is 0 Å². The highest BCUT2D eigenvalue weighted by Crippen LogP contribution is 2.03. The van der Waals surface area contributed by atoms with E-state index in [2.05, 4.69) is 14.0 Å². The van der Waals surface area contributed by atoms with Crippen molar-refractivity contribution in [2.45, 2.75) is 18.9 Å². The molecule has 0 bridgehead atoms. The van der Waals surface area contributed by atoms with E-state index < -0.39 is 0 Å². The molecule has 8 heavy (non-hydrogen) atoms. The van der Waals surface area contributed by atoms with Crippen LogP contribution >= 0.6 is 0 Å². The molecule has 1 heterocycles. The fraction of sp³-hybridized carbons (Fsp3) is 0.833. The molecule has 48 valence electrons. The molecule has 1 fully saturated rings. The number of rotatable bonds is 0. The molecule has 0 spiro atoms. The van der Waals surface area contributed by atoms with Crippen LogP contribution < -0.4 is 10.6 Å². The summed E-state index contributed by atoms with van der Waals surface area (Å²) >= 11 is 0. The van der Waals surface area contributed by atoms with Crippen molar-refractivity contribution >= 4 is 0 Å². The zero-order chi connectivity index (χ0) is 6.20. The molecule has 1 aliphatic rings. The number of quaternary nitrogens is 1. The van der Waals surface area contributed by atoms with E-state index in [0.717, 1.165) is 19.5 Å². The fourth-order valence-corrected chi connectivity index (χ4v) is 1.21. The number of nitrogens with two attached hydrogens (primary N) is 1. The van der Waals surface area contributed by atoms with Crippen LogP contribution in [0.25, 0.3) is 0 Å². The van der Waals surface area contributed by atoms with Crippen LogP contribution in [0, 0.1) is 7.05 Å². The van der Waals surface area contributed by atoms with Crippen molar-refractivity contribution in [1.29, 1.82) is 0 Å². The monoisotopic (exact) mass is 114 g/mol. The van der Waals surface area contributed by atoms with E-state index in [0.29, 0.717) is 0 Å². The average molecular weight is 114 g/mol. The largest absolute Gasteiger partial charge is 0.466 e. The van der Waals surface area contributed by atoms with Gasteiger partial charge in [0.05, 0.1) is 18.6 Å². The molecule has 0 aromatic heterocycles. The van der Waals surface area contributed by atoms with Crippen LogP contribution in [0.4, 0.5) is 0 Å². The Balaban J connectivity index is 2.44. The van der Waals surface area contributed by atoms with Gasteiger partial charge in [0, 0.05) is 6.42 Å². The zero-order valence-electron chi connectivity index (χ0n) is 5.41. The summed E-state index contributed by atoms with van der Waals surface area (Å²) < 4.78 is 0. The first-order valence-electron chi connectivity index (χ1n) is 3.06. The third-order valence-corrected chi connectivity index (χ3v) is 1.70. The molecule has 2 atom stereocenters. The number of nitrogens with one attached hydrogen (secondary N) is 1. The van der Waals surface area contributed by atoms with Gasteiger partial charge in [0.25, 0.3) is 0 Å². The minimum absolute atomic E-state index is 0.0666. The average Bonchev–Trinajstić information content (AvgIpc) is 1.82. The SMILES string of the molecule is [CH2-][NH+]1CC[C@](C)(N)C1. The van der Waals surface area contributed by atoms with Gasteiger partial charge in [-0.15, -0.1) is 0 Å². The van der Waals surface area contributed by atoms with Crippen LogP contribution in [-0.2, 0) is 0 Å². The van der Waals surface area contributed by atoms with E-state index in [1.165, 1.54) is 4.90 Å². The highest BCUT2D eigenvalue weighted by molar-refractivity contribution is 4.80. The Kier molecular flexibility index (Phi) is 1.29. The van der Waals surface area contributed by atoms with E-state index in [1.807, 2.05) is 0 Å². The summed E-state index contributed by atoms with van der Waals surface area (Å²) in [5.41, 5.74) is 5.87. The molecule has 1 aliphatic heterocycles. The van der Waals surface area contributed by atoms with Crippen LogP contribution in [0.2, 0.25) is 0 Å². The normalized spacial score (nSPS) is 47.6. The third-order valence-electron chi connectivity index (χ3n) is 1.70. The molecule has 1 unspecified atom stereocenters. The van der Waals surface area contributed by atoms with Crippen LogP contribution in [0.15, 0.2) is 0 Å². The minimum atomic E-state index is 0.0666. The van der Waals surface area contributed by atoms with E-state index in [4.69, 9.17) is 5.73 Å². The van der Waals surface area contributed by atoms with Crippen molar-refractivity contribution < 1.29 is 4.90 Å². The summed E-state index contributed by atoms with van der Waals surface area (Å²) in [4.78, 5) is 1.31. The summed E-state index contributed by atoms with van der Waals surface area (Å²) in [5.74, 6) is 0. The Bertz CT molecular complexity index is 88.5. The second kappa shape index (κ2) is 1.71. The Hall–Kier alpha value is -0.0800. The van der Waals surface area contributed by atoms with Crippen molar-refractivity contribution in [2.24, 2.45) is 5.73 Å². The first-order chi connectivity index (χ1) is 3.60. The predicted molar refractivity (Wildman–Crippen MR) is 33.3 cm³/mol. The molecule has 0 saturated carbocycles. The Labute approximate surface area is 50.7 Å². The van der Waals surface area contributed by atoms with Gasteiger partial charge < -0.3 is 10.6 Å². The maximum Gasteiger partial charge on any atom is 0.0713 e. The third kappa shape index (κ3) is 1.20. The molecule has 0 aromatic carbocycles. The Morgan fingerprint density at radius 1 is 1.75 bits per heavy atom. The Morgan fingerprint density at radius 2 is 2.38 bits per heavy atom. The lowest BCUT2D eigenvalue weighted by Crippen LogP contribution is -3.05. The lowest BCUT2D eigenvalue weighted by Gasteiger charge is -2.16. The van der Waals surface area contributed by atoms with Crippen molar-refractivity contribution in [3.8, 4) is 0 Å². The van der Waals surface area contributed by atoms with Gasteiger partial charge in [-0.1, -0.05) is 0 Å². The molecule has 1 rings (SSSR count). The van der Waals surface area contributed by atoms with Gasteiger partial charge in [0.2, 0.25) is 0 Å². The minimum Gasteiger partial charge on any atom is -0.466 e.